The number of hydrogen-bond donors (Lipinski definition) is 1. The van der Waals surface area contributed by atoms with Gasteiger partial charge in [0.1, 0.15) is 11.6 Å². The topological polar surface area (TPSA) is 58.6 Å². The second-order valence-electron chi connectivity index (χ2n) is 7.11. The summed E-state index contributed by atoms with van der Waals surface area (Å²) in [7, 11) is 2.03. The van der Waals surface area contributed by atoms with Gasteiger partial charge in [0.05, 0.1) is 5.69 Å². The molecule has 0 aromatic heterocycles. The van der Waals surface area contributed by atoms with Crippen LogP contribution in [-0.2, 0) is 11.2 Å². The largest absolute Gasteiger partial charge is 0.482 e. The van der Waals surface area contributed by atoms with Crippen LogP contribution in [0.3, 0.4) is 0 Å². The summed E-state index contributed by atoms with van der Waals surface area (Å²) in [5.41, 5.74) is 2.13. The first-order valence-corrected chi connectivity index (χ1v) is 9.54. The summed E-state index contributed by atoms with van der Waals surface area (Å²) in [6, 6.07) is 11.8. The molecule has 1 heterocycles. The van der Waals surface area contributed by atoms with Crippen LogP contribution >= 0.6 is 12.4 Å². The summed E-state index contributed by atoms with van der Waals surface area (Å²) in [5, 5.41) is 2.72. The maximum absolute atomic E-state index is 13.2. The highest BCUT2D eigenvalue weighted by atomic mass is 35.5. The van der Waals surface area contributed by atoms with Gasteiger partial charge in [0.15, 0.2) is 12.4 Å². The second kappa shape index (κ2) is 10.9. The minimum absolute atomic E-state index is 0. The Kier molecular flexibility index (Phi) is 8.61. The molecule has 0 aliphatic carbocycles. The van der Waals surface area contributed by atoms with Gasteiger partial charge >= 0.3 is 0 Å². The molecule has 1 aliphatic heterocycles. The first kappa shape index (κ1) is 22.8. The van der Waals surface area contributed by atoms with E-state index < -0.39 is 0 Å². The Hall–Kier alpha value is -2.44. The van der Waals surface area contributed by atoms with Crippen LogP contribution in [0, 0.1) is 5.82 Å². The van der Waals surface area contributed by atoms with Crippen LogP contribution in [-0.4, -0.2) is 43.3 Å². The number of Topliss-reactive ketones (excluding diaryl/α,β-unsaturated/α-hetero) is 1. The lowest BCUT2D eigenvalue weighted by Gasteiger charge is -2.18. The highest BCUT2D eigenvalue weighted by molar-refractivity contribution is 6.00. The Morgan fingerprint density at radius 1 is 1.17 bits per heavy atom. The van der Waals surface area contributed by atoms with Crippen molar-refractivity contribution in [1.82, 2.24) is 4.90 Å². The molecule has 29 heavy (non-hydrogen) atoms. The van der Waals surface area contributed by atoms with Gasteiger partial charge in [-0.15, -0.1) is 12.4 Å². The number of nitrogens with zero attached hydrogens (tertiary/aromatic N) is 1. The number of carbonyl (C=O) groups excluding carboxylic acids is 2. The summed E-state index contributed by atoms with van der Waals surface area (Å²) < 4.78 is 18.5. The number of likely N-dealkylation sites (N-methyl/N-ethyl adjacent to an activating group) is 1. The zero-order valence-electron chi connectivity index (χ0n) is 16.4. The van der Waals surface area contributed by atoms with Gasteiger partial charge in [-0.25, -0.2) is 4.39 Å². The number of carbonyl (C=O) groups is 2. The maximum atomic E-state index is 13.2. The van der Waals surface area contributed by atoms with Gasteiger partial charge < -0.3 is 15.0 Å². The number of nitrogens with one attached hydrogen (secondary N) is 1. The Balaban J connectivity index is 0.00000300. The maximum Gasteiger partial charge on any atom is 0.262 e. The van der Waals surface area contributed by atoms with Crippen LogP contribution in [0.5, 0.6) is 5.75 Å². The molecular formula is C22H26ClFN2O3. The molecular weight excluding hydrogens is 395 g/mol. The molecule has 0 atom stereocenters. The van der Waals surface area contributed by atoms with Crippen molar-refractivity contribution >= 4 is 29.8 Å². The molecule has 0 bridgehead atoms. The zero-order chi connectivity index (χ0) is 19.9. The van der Waals surface area contributed by atoms with E-state index in [0.29, 0.717) is 23.4 Å². The lowest BCUT2D eigenvalue weighted by molar-refractivity contribution is -0.118. The molecule has 156 valence electrons. The lowest BCUT2D eigenvalue weighted by Crippen LogP contribution is -2.25. The van der Waals surface area contributed by atoms with Crippen molar-refractivity contribution in [3.05, 3.63) is 59.4 Å². The molecule has 0 radical (unpaired) electrons. The van der Waals surface area contributed by atoms with Gasteiger partial charge in [0.2, 0.25) is 0 Å². The van der Waals surface area contributed by atoms with Crippen LogP contribution in [0.4, 0.5) is 10.1 Å². The minimum Gasteiger partial charge on any atom is -0.482 e. The van der Waals surface area contributed by atoms with Crippen molar-refractivity contribution < 1.29 is 18.7 Å². The number of ether oxygens (including phenoxy) is 1. The Morgan fingerprint density at radius 3 is 2.79 bits per heavy atom. The van der Waals surface area contributed by atoms with Gasteiger partial charge in [-0.2, -0.15) is 0 Å². The molecule has 5 nitrogen and oxygen atoms in total. The Bertz CT molecular complexity index is 860. The molecule has 0 unspecified atom stereocenters. The van der Waals surface area contributed by atoms with Crippen molar-refractivity contribution in [3.63, 3.8) is 0 Å². The third kappa shape index (κ3) is 6.84. The number of hydrogen-bond acceptors (Lipinski definition) is 4. The molecule has 0 saturated carbocycles. The van der Waals surface area contributed by atoms with Crippen LogP contribution in [0.25, 0.3) is 0 Å². The van der Waals surface area contributed by atoms with Crippen molar-refractivity contribution in [2.24, 2.45) is 0 Å². The molecule has 0 fully saturated rings. The number of amides is 1. The third-order valence-electron chi connectivity index (χ3n) is 4.80. The molecule has 0 spiro atoms. The first-order chi connectivity index (χ1) is 13.5. The summed E-state index contributed by atoms with van der Waals surface area (Å²) in [5.74, 6) is 0.242. The lowest BCUT2D eigenvalue weighted by atomic mass is 10.0. The number of unbranched alkanes of at least 4 members (excludes halogenated alkanes) is 1. The van der Waals surface area contributed by atoms with E-state index in [2.05, 4.69) is 10.2 Å². The molecule has 0 saturated heterocycles. The number of halogens is 2. The van der Waals surface area contributed by atoms with Gasteiger partial charge in [-0.05, 0) is 68.8 Å². The third-order valence-corrected chi connectivity index (χ3v) is 4.80. The molecule has 3 rings (SSSR count). The summed E-state index contributed by atoms with van der Waals surface area (Å²) >= 11 is 0. The minimum atomic E-state index is -0.210. The highest BCUT2D eigenvalue weighted by Gasteiger charge is 2.17. The molecule has 2 aromatic carbocycles. The molecule has 1 N–H and O–H groups in total. The van der Waals surface area contributed by atoms with Crippen molar-refractivity contribution in [2.45, 2.75) is 25.7 Å². The number of benzene rings is 2. The van der Waals surface area contributed by atoms with E-state index in [-0.39, 0.29) is 36.5 Å². The fourth-order valence-electron chi connectivity index (χ4n) is 3.19. The number of anilines is 1. The Morgan fingerprint density at radius 2 is 2.00 bits per heavy atom. The first-order valence-electron chi connectivity index (χ1n) is 9.54. The van der Waals surface area contributed by atoms with E-state index in [0.717, 1.165) is 37.9 Å². The molecule has 1 amide bonds. The predicted octanol–water partition coefficient (Wildman–Crippen LogP) is 4.11. The zero-order valence-corrected chi connectivity index (χ0v) is 17.3. The van der Waals surface area contributed by atoms with Gasteiger partial charge in [-0.3, -0.25) is 9.59 Å². The standard InChI is InChI=1S/C22H25FN2O3.ClH/c1-25(12-10-16-5-4-6-18(23)13-16)11-3-2-7-20(26)17-8-9-21-19(14-17)24-22(27)15-28-21;/h4-6,8-9,13-14H,2-3,7,10-12,15H2,1H3,(H,24,27);1H. The van der Waals surface area contributed by atoms with Gasteiger partial charge in [0.25, 0.3) is 5.91 Å². The summed E-state index contributed by atoms with van der Waals surface area (Å²) in [4.78, 5) is 26.0. The van der Waals surface area contributed by atoms with E-state index in [9.17, 15) is 14.0 Å². The average Bonchev–Trinajstić information content (AvgIpc) is 2.69. The SMILES string of the molecule is CN(CCCCC(=O)c1ccc2c(c1)NC(=O)CO2)CCc1cccc(F)c1.Cl. The van der Waals surface area contributed by atoms with E-state index in [1.165, 1.54) is 6.07 Å². The normalized spacial score (nSPS) is 12.6. The summed E-state index contributed by atoms with van der Waals surface area (Å²) in [6.45, 7) is 1.74. The molecule has 1 aliphatic rings. The quantitative estimate of drug-likeness (QED) is 0.490. The average molecular weight is 421 g/mol. The fraction of sp³-hybridized carbons (Fsp3) is 0.364. The van der Waals surface area contributed by atoms with Crippen LogP contribution in [0.15, 0.2) is 42.5 Å². The predicted molar refractivity (Wildman–Crippen MR) is 114 cm³/mol. The van der Waals surface area contributed by atoms with Crippen molar-refractivity contribution in [1.29, 1.82) is 0 Å². The molecule has 7 heteroatoms. The van der Waals surface area contributed by atoms with Crippen molar-refractivity contribution in [3.8, 4) is 5.75 Å². The van der Waals surface area contributed by atoms with E-state index in [1.54, 1.807) is 30.3 Å². The number of rotatable bonds is 9. The van der Waals surface area contributed by atoms with E-state index >= 15 is 0 Å². The number of fused-ring (bicyclic) bond motifs is 1. The second-order valence-corrected chi connectivity index (χ2v) is 7.11. The van der Waals surface area contributed by atoms with Crippen LogP contribution in [0.2, 0.25) is 0 Å². The van der Waals surface area contributed by atoms with E-state index in [1.807, 2.05) is 13.1 Å². The monoisotopic (exact) mass is 420 g/mol. The Labute approximate surface area is 176 Å². The smallest absolute Gasteiger partial charge is 0.262 e. The van der Waals surface area contributed by atoms with Crippen LogP contribution in [0.1, 0.15) is 35.2 Å². The number of ketones is 1. The van der Waals surface area contributed by atoms with Crippen LogP contribution < -0.4 is 10.1 Å². The van der Waals surface area contributed by atoms with Crippen molar-refractivity contribution in [2.75, 3.05) is 32.1 Å². The highest BCUT2D eigenvalue weighted by Crippen LogP contribution is 2.29. The van der Waals surface area contributed by atoms with Gasteiger partial charge in [-0.1, -0.05) is 12.1 Å². The fourth-order valence-corrected chi connectivity index (χ4v) is 3.19. The van der Waals surface area contributed by atoms with E-state index in [4.69, 9.17) is 4.74 Å². The molecule has 2 aromatic rings. The summed E-state index contributed by atoms with van der Waals surface area (Å²) in [6.07, 6.45) is 2.97. The van der Waals surface area contributed by atoms with Gasteiger partial charge in [0, 0.05) is 18.5 Å².